The number of piperidine rings is 1. The highest BCUT2D eigenvalue weighted by molar-refractivity contribution is 7.89. The van der Waals surface area contributed by atoms with Crippen molar-refractivity contribution in [2.75, 3.05) is 39.7 Å². The lowest BCUT2D eigenvalue weighted by atomic mass is 9.97. The molecular weight excluding hydrogens is 460 g/mol. The molecule has 0 saturated carbocycles. The number of aryl methyl sites for hydroxylation is 2. The van der Waals surface area contributed by atoms with Crippen molar-refractivity contribution in [1.82, 2.24) is 4.31 Å². The highest BCUT2D eigenvalue weighted by Gasteiger charge is 2.33. The quantitative estimate of drug-likeness (QED) is 0.594. The van der Waals surface area contributed by atoms with Crippen molar-refractivity contribution in [3.8, 4) is 11.5 Å². The van der Waals surface area contributed by atoms with Crippen molar-refractivity contribution in [2.24, 2.45) is 5.92 Å². The first-order chi connectivity index (χ1) is 16.1. The monoisotopic (exact) mass is 490 g/mol. The van der Waals surface area contributed by atoms with E-state index in [1.807, 2.05) is 13.8 Å². The van der Waals surface area contributed by atoms with Gasteiger partial charge in [-0.05, 0) is 49.9 Å². The minimum atomic E-state index is -3.64. The van der Waals surface area contributed by atoms with Gasteiger partial charge in [0.25, 0.3) is 0 Å². The van der Waals surface area contributed by atoms with Gasteiger partial charge in [-0.2, -0.15) is 4.31 Å². The molecule has 0 atom stereocenters. The molecule has 10 heteroatoms. The molecule has 1 fully saturated rings. The number of nitrogens with one attached hydrogen (secondary N) is 1. The molecule has 0 bridgehead atoms. The maximum absolute atomic E-state index is 13.1. The number of hydrogen-bond donors (Lipinski definition) is 1. The van der Waals surface area contributed by atoms with E-state index in [2.05, 4.69) is 5.32 Å². The standard InChI is InChI=1S/C24H30N2O7S/c1-15-6-7-18(12-16(15)2)34(29,30)26-10-8-17(9-11-26)23(27)25-20-14-22(32-4)21(31-3)13-19(20)24(28)33-5/h6-7,12-14,17H,8-11H2,1-5H3,(H,25,27). The highest BCUT2D eigenvalue weighted by Crippen LogP contribution is 2.34. The van der Waals surface area contributed by atoms with Gasteiger partial charge in [-0.3, -0.25) is 4.79 Å². The SMILES string of the molecule is COC(=O)c1cc(OC)c(OC)cc1NC(=O)C1CCN(S(=O)(=O)c2ccc(C)c(C)c2)CC1. The van der Waals surface area contributed by atoms with Gasteiger partial charge in [-0.25, -0.2) is 13.2 Å². The van der Waals surface area contributed by atoms with E-state index < -0.39 is 21.9 Å². The Labute approximate surface area is 200 Å². The summed E-state index contributed by atoms with van der Waals surface area (Å²) >= 11 is 0. The van der Waals surface area contributed by atoms with Crippen molar-refractivity contribution < 1.29 is 32.2 Å². The van der Waals surface area contributed by atoms with Gasteiger partial charge in [0.05, 0.1) is 37.5 Å². The zero-order valence-electron chi connectivity index (χ0n) is 20.0. The van der Waals surface area contributed by atoms with Crippen LogP contribution >= 0.6 is 0 Å². The summed E-state index contributed by atoms with van der Waals surface area (Å²) in [5.74, 6) is -0.679. The van der Waals surface area contributed by atoms with Gasteiger partial charge in [0.15, 0.2) is 11.5 Å². The van der Waals surface area contributed by atoms with Crippen LogP contribution in [0.25, 0.3) is 0 Å². The van der Waals surface area contributed by atoms with Gasteiger partial charge >= 0.3 is 5.97 Å². The number of esters is 1. The molecule has 1 aliphatic rings. The van der Waals surface area contributed by atoms with Gasteiger partial charge in [-0.15, -0.1) is 0 Å². The lowest BCUT2D eigenvalue weighted by molar-refractivity contribution is -0.120. The van der Waals surface area contributed by atoms with E-state index in [0.29, 0.717) is 24.3 Å². The smallest absolute Gasteiger partial charge is 0.340 e. The molecular formula is C24H30N2O7S. The fourth-order valence-electron chi connectivity index (χ4n) is 3.88. The second-order valence-electron chi connectivity index (χ2n) is 8.16. The number of anilines is 1. The maximum Gasteiger partial charge on any atom is 0.340 e. The number of carbonyl (C=O) groups is 2. The Kier molecular flexibility index (Phi) is 7.83. The first-order valence-corrected chi connectivity index (χ1v) is 12.3. The fourth-order valence-corrected chi connectivity index (χ4v) is 5.43. The molecule has 1 heterocycles. The molecule has 2 aromatic carbocycles. The number of carbonyl (C=O) groups excluding carboxylic acids is 2. The number of ether oxygens (including phenoxy) is 3. The van der Waals surface area contributed by atoms with Crippen LogP contribution in [0.1, 0.15) is 34.3 Å². The summed E-state index contributed by atoms with van der Waals surface area (Å²) in [5, 5.41) is 2.78. The van der Waals surface area contributed by atoms with E-state index in [1.54, 1.807) is 18.2 Å². The maximum atomic E-state index is 13.1. The Morgan fingerprint density at radius 1 is 0.941 bits per heavy atom. The lowest BCUT2D eigenvalue weighted by Crippen LogP contribution is -2.41. The number of nitrogens with zero attached hydrogens (tertiary/aromatic N) is 1. The van der Waals surface area contributed by atoms with Gasteiger partial charge < -0.3 is 19.5 Å². The molecule has 9 nitrogen and oxygen atoms in total. The third-order valence-corrected chi connectivity index (χ3v) is 8.02. The third kappa shape index (κ3) is 5.18. The molecule has 1 N–H and O–H groups in total. The Hall–Kier alpha value is -3.11. The van der Waals surface area contributed by atoms with E-state index in [4.69, 9.17) is 14.2 Å². The topological polar surface area (TPSA) is 111 Å². The van der Waals surface area contributed by atoms with Crippen molar-refractivity contribution in [1.29, 1.82) is 0 Å². The van der Waals surface area contributed by atoms with Crippen LogP contribution in [0.3, 0.4) is 0 Å². The minimum Gasteiger partial charge on any atom is -0.493 e. The zero-order valence-corrected chi connectivity index (χ0v) is 20.8. The summed E-state index contributed by atoms with van der Waals surface area (Å²) in [6, 6.07) is 8.03. The molecule has 2 aromatic rings. The first-order valence-electron chi connectivity index (χ1n) is 10.8. The highest BCUT2D eigenvalue weighted by atomic mass is 32.2. The van der Waals surface area contributed by atoms with Crippen LogP contribution in [-0.2, 0) is 19.6 Å². The summed E-state index contributed by atoms with van der Waals surface area (Å²) in [6.07, 6.45) is 0.716. The molecule has 0 aliphatic carbocycles. The third-order valence-electron chi connectivity index (χ3n) is 6.13. The molecule has 0 spiro atoms. The van der Waals surface area contributed by atoms with Gasteiger partial charge in [0, 0.05) is 31.1 Å². The number of rotatable bonds is 7. The van der Waals surface area contributed by atoms with Crippen LogP contribution in [0.2, 0.25) is 0 Å². The Bertz CT molecular complexity index is 1190. The lowest BCUT2D eigenvalue weighted by Gasteiger charge is -2.30. The first kappa shape index (κ1) is 25.5. The average Bonchev–Trinajstić information content (AvgIpc) is 2.84. The average molecular weight is 491 g/mol. The summed E-state index contributed by atoms with van der Waals surface area (Å²) in [5.41, 5.74) is 2.30. The predicted molar refractivity (Wildman–Crippen MR) is 127 cm³/mol. The second kappa shape index (κ2) is 10.4. The summed E-state index contributed by atoms with van der Waals surface area (Å²) in [7, 11) is 0.502. The van der Waals surface area contributed by atoms with Gasteiger partial charge in [0.1, 0.15) is 0 Å². The van der Waals surface area contributed by atoms with Crippen LogP contribution < -0.4 is 14.8 Å². The van der Waals surface area contributed by atoms with Gasteiger partial charge in [-0.1, -0.05) is 6.07 Å². The zero-order chi connectivity index (χ0) is 25.0. The predicted octanol–water partition coefficient (Wildman–Crippen LogP) is 3.15. The largest absolute Gasteiger partial charge is 0.493 e. The number of hydrogen-bond acceptors (Lipinski definition) is 7. The van der Waals surface area contributed by atoms with Crippen molar-refractivity contribution in [3.63, 3.8) is 0 Å². The Morgan fingerprint density at radius 2 is 1.56 bits per heavy atom. The number of amides is 1. The summed E-state index contributed by atoms with van der Waals surface area (Å²) in [4.78, 5) is 25.5. The van der Waals surface area contributed by atoms with E-state index in [9.17, 15) is 18.0 Å². The normalized spacial score (nSPS) is 15.0. The van der Waals surface area contributed by atoms with E-state index in [0.717, 1.165) is 11.1 Å². The molecule has 1 aliphatic heterocycles. The van der Waals surface area contributed by atoms with Crippen LogP contribution in [0.15, 0.2) is 35.2 Å². The number of benzene rings is 2. The second-order valence-corrected chi connectivity index (χ2v) is 10.1. The van der Waals surface area contributed by atoms with Crippen LogP contribution in [0.5, 0.6) is 11.5 Å². The van der Waals surface area contributed by atoms with Gasteiger partial charge in [0.2, 0.25) is 15.9 Å². The number of methoxy groups -OCH3 is 3. The summed E-state index contributed by atoms with van der Waals surface area (Å²) in [6.45, 7) is 4.26. The van der Waals surface area contributed by atoms with Crippen molar-refractivity contribution in [3.05, 3.63) is 47.0 Å². The molecule has 0 unspecified atom stereocenters. The van der Waals surface area contributed by atoms with E-state index in [1.165, 1.54) is 37.8 Å². The molecule has 1 saturated heterocycles. The minimum absolute atomic E-state index is 0.128. The molecule has 3 rings (SSSR count). The Morgan fingerprint density at radius 3 is 2.12 bits per heavy atom. The van der Waals surface area contributed by atoms with E-state index >= 15 is 0 Å². The fraction of sp³-hybridized carbons (Fsp3) is 0.417. The van der Waals surface area contributed by atoms with Crippen molar-refractivity contribution >= 4 is 27.6 Å². The molecule has 0 aromatic heterocycles. The molecule has 34 heavy (non-hydrogen) atoms. The summed E-state index contributed by atoms with van der Waals surface area (Å²) < 4.78 is 42.9. The Balaban J connectivity index is 1.74. The molecule has 1 amide bonds. The van der Waals surface area contributed by atoms with E-state index in [-0.39, 0.29) is 35.1 Å². The van der Waals surface area contributed by atoms with Crippen LogP contribution in [0, 0.1) is 19.8 Å². The van der Waals surface area contributed by atoms with Crippen LogP contribution in [-0.4, -0.2) is 59.0 Å². The molecule has 0 radical (unpaired) electrons. The van der Waals surface area contributed by atoms with Crippen LogP contribution in [0.4, 0.5) is 5.69 Å². The van der Waals surface area contributed by atoms with Crippen molar-refractivity contribution in [2.45, 2.75) is 31.6 Å². The molecule has 184 valence electrons. The number of sulfonamides is 1.